The Morgan fingerprint density at radius 2 is 2.22 bits per heavy atom. The van der Waals surface area contributed by atoms with Crippen LogP contribution in [0.5, 0.6) is 0 Å². The number of rotatable bonds is 2. The molecule has 4 heteroatoms. The smallest absolute Gasteiger partial charge is 0.223 e. The van der Waals surface area contributed by atoms with Gasteiger partial charge in [0.15, 0.2) is 0 Å². The highest BCUT2D eigenvalue weighted by molar-refractivity contribution is 5.79. The summed E-state index contributed by atoms with van der Waals surface area (Å²) in [7, 11) is 0. The summed E-state index contributed by atoms with van der Waals surface area (Å²) >= 11 is 0. The van der Waals surface area contributed by atoms with E-state index in [2.05, 4.69) is 19.2 Å². The van der Waals surface area contributed by atoms with Gasteiger partial charge < -0.3 is 15.8 Å². The third-order valence-corrected chi connectivity index (χ3v) is 4.41. The van der Waals surface area contributed by atoms with Crippen LogP contribution in [0, 0.1) is 11.8 Å². The Labute approximate surface area is 110 Å². The maximum Gasteiger partial charge on any atom is 0.223 e. The maximum atomic E-state index is 12.4. The summed E-state index contributed by atoms with van der Waals surface area (Å²) in [5.74, 6) is 0.716. The van der Waals surface area contributed by atoms with Crippen LogP contribution < -0.4 is 11.1 Å². The van der Waals surface area contributed by atoms with Gasteiger partial charge in [0.2, 0.25) is 5.91 Å². The first-order chi connectivity index (χ1) is 8.50. The molecular weight excluding hydrogens is 228 g/mol. The van der Waals surface area contributed by atoms with Gasteiger partial charge in [-0.25, -0.2) is 0 Å². The Kier molecular flexibility index (Phi) is 4.28. The van der Waals surface area contributed by atoms with Crippen LogP contribution in [0.25, 0.3) is 0 Å². The normalized spacial score (nSPS) is 41.4. The summed E-state index contributed by atoms with van der Waals surface area (Å²) in [6.07, 6.45) is 4.90. The highest BCUT2D eigenvalue weighted by Crippen LogP contribution is 2.30. The number of nitrogens with two attached hydrogens (primary N) is 1. The number of carbonyl (C=O) groups excluding carboxylic acids is 1. The molecule has 4 nitrogen and oxygen atoms in total. The summed E-state index contributed by atoms with van der Waals surface area (Å²) in [5, 5.41) is 3.21. The van der Waals surface area contributed by atoms with Crippen molar-refractivity contribution in [1.29, 1.82) is 0 Å². The standard InChI is InChI=1S/C14H26N2O2/c1-10-8-11(15)4-5-12(10)13(17)16-14(2)6-3-7-18-9-14/h10-12H,3-9,15H2,1-2H3,(H,16,17). The molecule has 2 aliphatic rings. The Hall–Kier alpha value is -0.610. The SMILES string of the molecule is CC1CC(N)CCC1C(=O)NC1(C)CCCOC1. The molecule has 2 rings (SSSR count). The van der Waals surface area contributed by atoms with Gasteiger partial charge in [-0.1, -0.05) is 6.92 Å². The number of amides is 1. The average molecular weight is 254 g/mol. The minimum Gasteiger partial charge on any atom is -0.379 e. The van der Waals surface area contributed by atoms with Crippen molar-refractivity contribution in [1.82, 2.24) is 5.32 Å². The molecule has 1 aliphatic heterocycles. The number of ether oxygens (including phenoxy) is 1. The number of hydrogen-bond acceptors (Lipinski definition) is 3. The van der Waals surface area contributed by atoms with Crippen molar-refractivity contribution in [3.63, 3.8) is 0 Å². The fourth-order valence-corrected chi connectivity index (χ4v) is 3.25. The zero-order chi connectivity index (χ0) is 13.2. The minimum atomic E-state index is -0.172. The van der Waals surface area contributed by atoms with E-state index in [0.29, 0.717) is 12.5 Å². The largest absolute Gasteiger partial charge is 0.379 e. The van der Waals surface area contributed by atoms with E-state index >= 15 is 0 Å². The van der Waals surface area contributed by atoms with Gasteiger partial charge in [-0.2, -0.15) is 0 Å². The van der Waals surface area contributed by atoms with Crippen LogP contribution in [0.4, 0.5) is 0 Å². The summed E-state index contributed by atoms with van der Waals surface area (Å²) in [6, 6.07) is 0.276. The van der Waals surface area contributed by atoms with Gasteiger partial charge in [-0.3, -0.25) is 4.79 Å². The first-order valence-electron chi connectivity index (χ1n) is 7.15. The van der Waals surface area contributed by atoms with Crippen LogP contribution in [0.3, 0.4) is 0 Å². The summed E-state index contributed by atoms with van der Waals surface area (Å²) in [6.45, 7) is 5.69. The molecule has 0 aromatic carbocycles. The second-order valence-corrected chi connectivity index (χ2v) is 6.36. The molecule has 1 saturated heterocycles. The van der Waals surface area contributed by atoms with Gasteiger partial charge in [0, 0.05) is 18.6 Å². The second kappa shape index (κ2) is 5.57. The van der Waals surface area contributed by atoms with Crippen molar-refractivity contribution < 1.29 is 9.53 Å². The number of carbonyl (C=O) groups is 1. The van der Waals surface area contributed by atoms with Gasteiger partial charge in [-0.15, -0.1) is 0 Å². The van der Waals surface area contributed by atoms with Crippen LogP contribution in [0.2, 0.25) is 0 Å². The molecular formula is C14H26N2O2. The molecule has 0 radical (unpaired) electrons. The molecule has 1 saturated carbocycles. The number of nitrogens with one attached hydrogen (secondary N) is 1. The predicted molar refractivity (Wildman–Crippen MR) is 71.1 cm³/mol. The zero-order valence-electron chi connectivity index (χ0n) is 11.6. The van der Waals surface area contributed by atoms with Crippen molar-refractivity contribution in [3.8, 4) is 0 Å². The van der Waals surface area contributed by atoms with Gasteiger partial charge in [-0.05, 0) is 44.9 Å². The highest BCUT2D eigenvalue weighted by atomic mass is 16.5. The lowest BCUT2D eigenvalue weighted by molar-refractivity contribution is -0.131. The van der Waals surface area contributed by atoms with Crippen LogP contribution in [-0.2, 0) is 9.53 Å². The van der Waals surface area contributed by atoms with Crippen molar-refractivity contribution in [2.45, 2.75) is 57.5 Å². The van der Waals surface area contributed by atoms with E-state index in [4.69, 9.17) is 10.5 Å². The van der Waals surface area contributed by atoms with E-state index in [1.54, 1.807) is 0 Å². The molecule has 2 fully saturated rings. The van der Waals surface area contributed by atoms with Crippen molar-refractivity contribution in [3.05, 3.63) is 0 Å². The Bertz CT molecular complexity index is 300. The van der Waals surface area contributed by atoms with E-state index in [9.17, 15) is 4.79 Å². The van der Waals surface area contributed by atoms with Gasteiger partial charge in [0.1, 0.15) is 0 Å². The molecule has 0 aromatic rings. The van der Waals surface area contributed by atoms with Crippen molar-refractivity contribution in [2.24, 2.45) is 17.6 Å². The molecule has 3 N–H and O–H groups in total. The fourth-order valence-electron chi connectivity index (χ4n) is 3.25. The topological polar surface area (TPSA) is 64.4 Å². The van der Waals surface area contributed by atoms with Gasteiger partial charge in [0.05, 0.1) is 12.1 Å². The fraction of sp³-hybridized carbons (Fsp3) is 0.929. The Morgan fingerprint density at radius 3 is 2.83 bits per heavy atom. The first-order valence-corrected chi connectivity index (χ1v) is 7.15. The number of hydrogen-bond donors (Lipinski definition) is 2. The van der Waals surface area contributed by atoms with E-state index < -0.39 is 0 Å². The molecule has 0 aromatic heterocycles. The van der Waals surface area contributed by atoms with Crippen LogP contribution in [-0.4, -0.2) is 30.7 Å². The van der Waals surface area contributed by atoms with Crippen molar-refractivity contribution >= 4 is 5.91 Å². The monoisotopic (exact) mass is 254 g/mol. The molecule has 0 spiro atoms. The lowest BCUT2D eigenvalue weighted by Gasteiger charge is -2.38. The second-order valence-electron chi connectivity index (χ2n) is 6.36. The lowest BCUT2D eigenvalue weighted by Crippen LogP contribution is -2.54. The minimum absolute atomic E-state index is 0.128. The van der Waals surface area contributed by atoms with Crippen LogP contribution in [0.15, 0.2) is 0 Å². The molecule has 4 unspecified atom stereocenters. The predicted octanol–water partition coefficient (Wildman–Crippen LogP) is 1.44. The Morgan fingerprint density at radius 1 is 1.44 bits per heavy atom. The summed E-state index contributed by atoms with van der Waals surface area (Å²) in [4.78, 5) is 12.4. The maximum absolute atomic E-state index is 12.4. The lowest BCUT2D eigenvalue weighted by atomic mass is 9.77. The molecule has 104 valence electrons. The molecule has 1 heterocycles. The van der Waals surface area contributed by atoms with Crippen LogP contribution in [0.1, 0.15) is 46.0 Å². The van der Waals surface area contributed by atoms with E-state index in [0.717, 1.165) is 38.7 Å². The van der Waals surface area contributed by atoms with Gasteiger partial charge in [0.25, 0.3) is 0 Å². The molecule has 1 amide bonds. The van der Waals surface area contributed by atoms with E-state index in [1.807, 2.05) is 0 Å². The van der Waals surface area contributed by atoms with Gasteiger partial charge >= 0.3 is 0 Å². The average Bonchev–Trinajstić information content (AvgIpc) is 2.28. The quantitative estimate of drug-likeness (QED) is 0.783. The zero-order valence-corrected chi connectivity index (χ0v) is 11.6. The molecule has 1 aliphatic carbocycles. The first kappa shape index (κ1) is 13.8. The summed E-state index contributed by atoms with van der Waals surface area (Å²) in [5.41, 5.74) is 5.77. The molecule has 0 bridgehead atoms. The van der Waals surface area contributed by atoms with Crippen molar-refractivity contribution in [2.75, 3.05) is 13.2 Å². The third kappa shape index (κ3) is 3.23. The van der Waals surface area contributed by atoms with E-state index in [-0.39, 0.29) is 23.4 Å². The molecule has 18 heavy (non-hydrogen) atoms. The molecule has 4 atom stereocenters. The Balaban J connectivity index is 1.90. The van der Waals surface area contributed by atoms with E-state index in [1.165, 1.54) is 0 Å². The summed E-state index contributed by atoms with van der Waals surface area (Å²) < 4.78 is 5.48. The highest BCUT2D eigenvalue weighted by Gasteiger charge is 2.35. The van der Waals surface area contributed by atoms with Crippen LogP contribution >= 0.6 is 0 Å². The third-order valence-electron chi connectivity index (χ3n) is 4.41.